The lowest BCUT2D eigenvalue weighted by Crippen LogP contribution is -2.11. The molecule has 20 heavy (non-hydrogen) atoms. The summed E-state index contributed by atoms with van der Waals surface area (Å²) in [6.07, 6.45) is 4.44. The number of unbranched alkanes of at least 4 members (excludes halogenated alkanes) is 2. The first-order chi connectivity index (χ1) is 9.69. The fourth-order valence-electron chi connectivity index (χ4n) is 1.70. The number of amides is 1. The summed E-state index contributed by atoms with van der Waals surface area (Å²) in [4.78, 5) is 12.0. The largest absolute Gasteiger partial charge is 0.296 e. The number of aromatic nitrogens is 2. The van der Waals surface area contributed by atoms with Crippen LogP contribution < -0.4 is 5.32 Å². The van der Waals surface area contributed by atoms with Gasteiger partial charge in [-0.3, -0.25) is 10.1 Å². The van der Waals surface area contributed by atoms with E-state index in [4.69, 9.17) is 0 Å². The van der Waals surface area contributed by atoms with Crippen molar-refractivity contribution in [3.63, 3.8) is 0 Å². The van der Waals surface area contributed by atoms with Crippen molar-refractivity contribution in [3.8, 4) is 0 Å². The maximum Gasteiger partial charge on any atom is 0.257 e. The van der Waals surface area contributed by atoms with Gasteiger partial charge in [0.15, 0.2) is 0 Å². The van der Waals surface area contributed by atoms with Crippen molar-refractivity contribution in [1.82, 2.24) is 10.2 Å². The zero-order chi connectivity index (χ0) is 14.4. The number of halogens is 1. The van der Waals surface area contributed by atoms with Crippen molar-refractivity contribution < 1.29 is 4.79 Å². The van der Waals surface area contributed by atoms with Gasteiger partial charge in [-0.25, -0.2) is 0 Å². The van der Waals surface area contributed by atoms with Crippen LogP contribution in [0.2, 0.25) is 0 Å². The van der Waals surface area contributed by atoms with Gasteiger partial charge in [0.2, 0.25) is 5.13 Å². The summed E-state index contributed by atoms with van der Waals surface area (Å²) >= 11 is 3.66. The molecule has 0 aliphatic rings. The van der Waals surface area contributed by atoms with Gasteiger partial charge in [0.05, 0.1) is 0 Å². The van der Waals surface area contributed by atoms with E-state index in [0.717, 1.165) is 21.4 Å². The smallest absolute Gasteiger partial charge is 0.257 e. The Morgan fingerprint density at radius 3 is 2.70 bits per heavy atom. The van der Waals surface area contributed by atoms with Gasteiger partial charge in [0.25, 0.3) is 5.91 Å². The predicted octanol–water partition coefficient (Wildman–Crippen LogP) is 4.13. The van der Waals surface area contributed by atoms with Gasteiger partial charge in [-0.05, 0) is 53.3 Å². The van der Waals surface area contributed by atoms with Gasteiger partial charge in [-0.1, -0.05) is 31.1 Å². The first-order valence-electron chi connectivity index (χ1n) is 6.58. The zero-order valence-electron chi connectivity index (χ0n) is 11.2. The van der Waals surface area contributed by atoms with E-state index in [1.807, 2.05) is 12.1 Å². The maximum atomic E-state index is 12.0. The molecule has 106 valence electrons. The highest BCUT2D eigenvalue weighted by molar-refractivity contribution is 14.1. The number of carbonyl (C=O) groups is 1. The summed E-state index contributed by atoms with van der Waals surface area (Å²) in [5, 5.41) is 12.5. The van der Waals surface area contributed by atoms with Gasteiger partial charge >= 0.3 is 0 Å². The normalized spacial score (nSPS) is 10.5. The lowest BCUT2D eigenvalue weighted by molar-refractivity contribution is 0.102. The standard InChI is InChI=1S/C14H16IN3OS/c1-2-3-4-5-12-17-18-14(20-12)16-13(19)10-6-8-11(15)9-7-10/h6-9H,2-5H2,1H3,(H,16,18,19). The molecule has 1 heterocycles. The number of benzene rings is 1. The minimum atomic E-state index is -0.141. The average molecular weight is 401 g/mol. The molecule has 2 aromatic rings. The Bertz CT molecular complexity index is 568. The first kappa shape index (κ1) is 15.4. The van der Waals surface area contributed by atoms with Crippen LogP contribution in [0.4, 0.5) is 5.13 Å². The second-order valence-electron chi connectivity index (χ2n) is 4.42. The van der Waals surface area contributed by atoms with Crippen LogP contribution in [0.25, 0.3) is 0 Å². The van der Waals surface area contributed by atoms with E-state index in [0.29, 0.717) is 10.7 Å². The van der Waals surface area contributed by atoms with Crippen molar-refractivity contribution in [2.24, 2.45) is 0 Å². The Morgan fingerprint density at radius 1 is 1.25 bits per heavy atom. The number of carbonyl (C=O) groups excluding carboxylic acids is 1. The second kappa shape index (κ2) is 7.68. The van der Waals surface area contributed by atoms with Gasteiger partial charge in [0.1, 0.15) is 5.01 Å². The number of nitrogens with zero attached hydrogens (tertiary/aromatic N) is 2. The highest BCUT2D eigenvalue weighted by atomic mass is 127. The molecule has 0 radical (unpaired) electrons. The number of hydrogen-bond donors (Lipinski definition) is 1. The van der Waals surface area contributed by atoms with Crippen molar-refractivity contribution in [2.75, 3.05) is 5.32 Å². The highest BCUT2D eigenvalue weighted by Gasteiger charge is 2.09. The molecule has 2 rings (SSSR count). The SMILES string of the molecule is CCCCCc1nnc(NC(=O)c2ccc(I)cc2)s1. The predicted molar refractivity (Wildman–Crippen MR) is 90.3 cm³/mol. The van der Waals surface area contributed by atoms with E-state index < -0.39 is 0 Å². The highest BCUT2D eigenvalue weighted by Crippen LogP contribution is 2.18. The van der Waals surface area contributed by atoms with Crippen molar-refractivity contribution in [3.05, 3.63) is 38.4 Å². The molecule has 4 nitrogen and oxygen atoms in total. The molecule has 0 saturated heterocycles. The molecule has 0 fully saturated rings. The Balaban J connectivity index is 1.92. The van der Waals surface area contributed by atoms with Crippen LogP contribution in [0.5, 0.6) is 0 Å². The summed E-state index contributed by atoms with van der Waals surface area (Å²) in [7, 11) is 0. The molecule has 1 aromatic carbocycles. The van der Waals surface area contributed by atoms with Crippen molar-refractivity contribution in [2.45, 2.75) is 32.6 Å². The molecule has 6 heteroatoms. The summed E-state index contributed by atoms with van der Waals surface area (Å²) in [5.41, 5.74) is 0.633. The average Bonchev–Trinajstić information content (AvgIpc) is 2.87. The quantitative estimate of drug-likeness (QED) is 0.585. The third kappa shape index (κ3) is 4.52. The minimum absolute atomic E-state index is 0.141. The van der Waals surface area contributed by atoms with Gasteiger partial charge < -0.3 is 0 Å². The molecule has 0 bridgehead atoms. The second-order valence-corrected chi connectivity index (χ2v) is 6.73. The van der Waals surface area contributed by atoms with E-state index in [-0.39, 0.29) is 5.91 Å². The summed E-state index contributed by atoms with van der Waals surface area (Å²) in [5.74, 6) is -0.141. The van der Waals surface area contributed by atoms with Crippen molar-refractivity contribution in [1.29, 1.82) is 0 Å². The molecule has 0 unspecified atom stereocenters. The molecular weight excluding hydrogens is 385 g/mol. The van der Waals surface area contributed by atoms with Gasteiger partial charge in [-0.15, -0.1) is 10.2 Å². The van der Waals surface area contributed by atoms with Crippen LogP contribution in [0, 0.1) is 3.57 Å². The lowest BCUT2D eigenvalue weighted by atomic mass is 10.2. The van der Waals surface area contributed by atoms with Crippen LogP contribution >= 0.6 is 33.9 Å². The first-order valence-corrected chi connectivity index (χ1v) is 8.48. The van der Waals surface area contributed by atoms with Crippen LogP contribution in [0.15, 0.2) is 24.3 Å². The Kier molecular flexibility index (Phi) is 5.90. The van der Waals surface area contributed by atoms with Gasteiger partial charge in [-0.2, -0.15) is 0 Å². The van der Waals surface area contributed by atoms with E-state index in [1.54, 1.807) is 12.1 Å². The molecule has 0 spiro atoms. The molecule has 1 aromatic heterocycles. The third-order valence-electron chi connectivity index (χ3n) is 2.79. The Morgan fingerprint density at radius 2 is 2.00 bits per heavy atom. The van der Waals surface area contributed by atoms with E-state index in [2.05, 4.69) is 45.0 Å². The summed E-state index contributed by atoms with van der Waals surface area (Å²) in [6.45, 7) is 2.17. The van der Waals surface area contributed by atoms with Crippen LogP contribution in [0.3, 0.4) is 0 Å². The number of nitrogens with one attached hydrogen (secondary N) is 1. The fraction of sp³-hybridized carbons (Fsp3) is 0.357. The lowest BCUT2D eigenvalue weighted by Gasteiger charge is -2.00. The molecule has 0 atom stereocenters. The van der Waals surface area contributed by atoms with Crippen molar-refractivity contribution >= 4 is 45.0 Å². The topological polar surface area (TPSA) is 54.9 Å². The molecule has 1 amide bonds. The monoisotopic (exact) mass is 401 g/mol. The zero-order valence-corrected chi connectivity index (χ0v) is 14.2. The molecule has 0 aliphatic carbocycles. The summed E-state index contributed by atoms with van der Waals surface area (Å²) in [6, 6.07) is 7.43. The molecule has 1 N–H and O–H groups in total. The molecule has 0 aliphatic heterocycles. The minimum Gasteiger partial charge on any atom is -0.296 e. The van der Waals surface area contributed by atoms with E-state index >= 15 is 0 Å². The summed E-state index contributed by atoms with van der Waals surface area (Å²) < 4.78 is 1.10. The molecule has 0 saturated carbocycles. The van der Waals surface area contributed by atoms with E-state index in [1.165, 1.54) is 24.2 Å². The van der Waals surface area contributed by atoms with Crippen LogP contribution in [-0.4, -0.2) is 16.1 Å². The number of aryl methyl sites for hydroxylation is 1. The Labute approximate surface area is 136 Å². The van der Waals surface area contributed by atoms with Gasteiger partial charge in [0, 0.05) is 15.6 Å². The molecular formula is C14H16IN3OS. The third-order valence-corrected chi connectivity index (χ3v) is 4.41. The number of hydrogen-bond acceptors (Lipinski definition) is 4. The maximum absolute atomic E-state index is 12.0. The Hall–Kier alpha value is -1.02. The number of rotatable bonds is 6. The van der Waals surface area contributed by atoms with Crippen LogP contribution in [-0.2, 0) is 6.42 Å². The number of anilines is 1. The fourth-order valence-corrected chi connectivity index (χ4v) is 2.84. The van der Waals surface area contributed by atoms with Crippen LogP contribution in [0.1, 0.15) is 41.6 Å². The van der Waals surface area contributed by atoms with E-state index in [9.17, 15) is 4.79 Å².